The first-order valence-electron chi connectivity index (χ1n) is 8.57. The van der Waals surface area contributed by atoms with Crippen molar-refractivity contribution in [2.45, 2.75) is 13.8 Å². The van der Waals surface area contributed by atoms with Gasteiger partial charge in [0.2, 0.25) is 0 Å². The standard InChI is InChI=1S/C20H18N4O2S/c1-3-26-20(25)17-16(19-22-14-6-4-5-7-15(14)27-19)18(21)24(23-17)13-10-8-12(2)9-11-13/h4-11H,3,21H2,1-2H3. The van der Waals surface area contributed by atoms with Crippen LogP contribution >= 0.6 is 11.3 Å². The van der Waals surface area contributed by atoms with E-state index in [2.05, 4.69) is 10.1 Å². The number of anilines is 1. The molecule has 0 amide bonds. The first-order valence-corrected chi connectivity index (χ1v) is 9.38. The molecule has 27 heavy (non-hydrogen) atoms. The molecule has 0 aliphatic rings. The second-order valence-corrected chi connectivity index (χ2v) is 7.09. The maximum Gasteiger partial charge on any atom is 0.359 e. The Morgan fingerprint density at radius 2 is 1.93 bits per heavy atom. The third-order valence-corrected chi connectivity index (χ3v) is 5.23. The monoisotopic (exact) mass is 378 g/mol. The minimum atomic E-state index is -0.510. The molecule has 0 atom stereocenters. The summed E-state index contributed by atoms with van der Waals surface area (Å²) in [5.41, 5.74) is 9.86. The summed E-state index contributed by atoms with van der Waals surface area (Å²) in [7, 11) is 0. The van der Waals surface area contributed by atoms with Crippen molar-refractivity contribution in [3.63, 3.8) is 0 Å². The van der Waals surface area contributed by atoms with E-state index in [4.69, 9.17) is 10.5 Å². The van der Waals surface area contributed by atoms with Crippen molar-refractivity contribution in [3.8, 4) is 16.3 Å². The van der Waals surface area contributed by atoms with Gasteiger partial charge in [0.15, 0.2) is 5.69 Å². The number of esters is 1. The lowest BCUT2D eigenvalue weighted by Gasteiger charge is -2.04. The van der Waals surface area contributed by atoms with Gasteiger partial charge in [0, 0.05) is 0 Å². The summed E-state index contributed by atoms with van der Waals surface area (Å²) in [6, 6.07) is 15.6. The molecule has 6 nitrogen and oxygen atoms in total. The normalized spacial score (nSPS) is 11.0. The van der Waals surface area contributed by atoms with Crippen LogP contribution in [0.15, 0.2) is 48.5 Å². The molecule has 0 radical (unpaired) electrons. The van der Waals surface area contributed by atoms with Crippen molar-refractivity contribution in [2.75, 3.05) is 12.3 Å². The third-order valence-electron chi connectivity index (χ3n) is 4.18. The number of thiazole rings is 1. The molecule has 0 unspecified atom stereocenters. The Balaban J connectivity index is 1.92. The number of para-hydroxylation sites is 1. The number of benzene rings is 2. The Labute approximate surface area is 160 Å². The highest BCUT2D eigenvalue weighted by Gasteiger charge is 2.26. The molecule has 0 saturated heterocycles. The SMILES string of the molecule is CCOC(=O)c1nn(-c2ccc(C)cc2)c(N)c1-c1nc2ccccc2s1. The number of aryl methyl sites for hydroxylation is 1. The van der Waals surface area contributed by atoms with Gasteiger partial charge < -0.3 is 10.5 Å². The molecule has 2 aromatic heterocycles. The second kappa shape index (κ2) is 6.85. The number of nitrogens with two attached hydrogens (primary N) is 1. The summed E-state index contributed by atoms with van der Waals surface area (Å²) < 4.78 is 7.77. The van der Waals surface area contributed by atoms with Crippen LogP contribution in [0.5, 0.6) is 0 Å². The van der Waals surface area contributed by atoms with Gasteiger partial charge in [-0.3, -0.25) is 0 Å². The number of nitrogen functional groups attached to an aromatic ring is 1. The summed E-state index contributed by atoms with van der Waals surface area (Å²) in [4.78, 5) is 17.2. The summed E-state index contributed by atoms with van der Waals surface area (Å²) in [5.74, 6) is -0.148. The minimum absolute atomic E-state index is 0.175. The van der Waals surface area contributed by atoms with Gasteiger partial charge in [0.25, 0.3) is 0 Å². The van der Waals surface area contributed by atoms with E-state index in [0.717, 1.165) is 21.5 Å². The van der Waals surface area contributed by atoms with E-state index in [1.165, 1.54) is 11.3 Å². The van der Waals surface area contributed by atoms with Crippen molar-refractivity contribution in [1.29, 1.82) is 0 Å². The lowest BCUT2D eigenvalue weighted by Crippen LogP contribution is -2.07. The molecular formula is C20H18N4O2S. The Morgan fingerprint density at radius 3 is 2.63 bits per heavy atom. The molecule has 0 aliphatic heterocycles. The summed E-state index contributed by atoms with van der Waals surface area (Å²) in [6.45, 7) is 4.03. The topological polar surface area (TPSA) is 83.0 Å². The van der Waals surface area contributed by atoms with Crippen molar-refractivity contribution in [1.82, 2.24) is 14.8 Å². The fraction of sp³-hybridized carbons (Fsp3) is 0.150. The first-order chi connectivity index (χ1) is 13.1. The van der Waals surface area contributed by atoms with Crippen LogP contribution < -0.4 is 5.73 Å². The molecule has 4 rings (SSSR count). The Hall–Kier alpha value is -3.19. The number of carbonyl (C=O) groups is 1. The molecule has 136 valence electrons. The lowest BCUT2D eigenvalue weighted by molar-refractivity contribution is 0.0520. The zero-order valence-corrected chi connectivity index (χ0v) is 15.8. The van der Waals surface area contributed by atoms with Crippen molar-refractivity contribution < 1.29 is 9.53 Å². The summed E-state index contributed by atoms with van der Waals surface area (Å²) >= 11 is 1.47. The maximum atomic E-state index is 12.5. The van der Waals surface area contributed by atoms with Gasteiger partial charge in [0.1, 0.15) is 10.8 Å². The summed E-state index contributed by atoms with van der Waals surface area (Å²) in [5, 5.41) is 5.11. The number of nitrogens with zero attached hydrogens (tertiary/aromatic N) is 3. The fourth-order valence-corrected chi connectivity index (χ4v) is 3.87. The Bertz CT molecular complexity index is 1100. The van der Waals surface area contributed by atoms with E-state index in [1.54, 1.807) is 11.6 Å². The third kappa shape index (κ3) is 3.06. The van der Waals surface area contributed by atoms with Crippen LogP contribution in [0, 0.1) is 6.92 Å². The number of ether oxygens (including phenoxy) is 1. The van der Waals surface area contributed by atoms with E-state index in [-0.39, 0.29) is 12.3 Å². The quantitative estimate of drug-likeness (QED) is 0.538. The average Bonchev–Trinajstić information content (AvgIpc) is 3.23. The number of carbonyl (C=O) groups excluding carboxylic acids is 1. The number of rotatable bonds is 4. The number of aromatic nitrogens is 3. The maximum absolute atomic E-state index is 12.5. The first kappa shape index (κ1) is 17.2. The van der Waals surface area contributed by atoms with Gasteiger partial charge in [-0.25, -0.2) is 14.5 Å². The Kier molecular flexibility index (Phi) is 4.37. The van der Waals surface area contributed by atoms with Gasteiger partial charge >= 0.3 is 5.97 Å². The highest BCUT2D eigenvalue weighted by Crippen LogP contribution is 2.37. The molecule has 0 fully saturated rings. The predicted octanol–water partition coefficient (Wildman–Crippen LogP) is 4.22. The van der Waals surface area contributed by atoms with Gasteiger partial charge in [-0.2, -0.15) is 5.10 Å². The average molecular weight is 378 g/mol. The smallest absolute Gasteiger partial charge is 0.359 e. The van der Waals surface area contributed by atoms with Crippen LogP contribution in [0.4, 0.5) is 5.82 Å². The van der Waals surface area contributed by atoms with E-state index >= 15 is 0 Å². The fourth-order valence-electron chi connectivity index (χ4n) is 2.85. The molecule has 4 aromatic rings. The second-order valence-electron chi connectivity index (χ2n) is 6.06. The lowest BCUT2D eigenvalue weighted by atomic mass is 10.2. The molecule has 2 N–H and O–H groups in total. The molecule has 0 saturated carbocycles. The zero-order valence-electron chi connectivity index (χ0n) is 15.0. The van der Waals surface area contributed by atoms with E-state index in [9.17, 15) is 4.79 Å². The van der Waals surface area contributed by atoms with Crippen LogP contribution in [-0.4, -0.2) is 27.3 Å². The van der Waals surface area contributed by atoms with Gasteiger partial charge in [-0.15, -0.1) is 11.3 Å². The largest absolute Gasteiger partial charge is 0.461 e. The van der Waals surface area contributed by atoms with Gasteiger partial charge in [-0.05, 0) is 38.1 Å². The van der Waals surface area contributed by atoms with E-state index in [1.807, 2.05) is 55.5 Å². The number of fused-ring (bicyclic) bond motifs is 1. The van der Waals surface area contributed by atoms with Crippen molar-refractivity contribution in [2.24, 2.45) is 0 Å². The van der Waals surface area contributed by atoms with Crippen molar-refractivity contribution in [3.05, 3.63) is 59.8 Å². The molecular weight excluding hydrogens is 360 g/mol. The molecule has 2 heterocycles. The highest BCUT2D eigenvalue weighted by atomic mass is 32.1. The van der Waals surface area contributed by atoms with E-state index in [0.29, 0.717) is 16.4 Å². The molecule has 2 aromatic carbocycles. The van der Waals surface area contributed by atoms with Crippen LogP contribution in [0.1, 0.15) is 23.0 Å². The predicted molar refractivity (Wildman–Crippen MR) is 107 cm³/mol. The number of hydrogen-bond acceptors (Lipinski definition) is 6. The Morgan fingerprint density at radius 1 is 1.19 bits per heavy atom. The van der Waals surface area contributed by atoms with Crippen LogP contribution in [0.2, 0.25) is 0 Å². The van der Waals surface area contributed by atoms with Crippen LogP contribution in [0.25, 0.3) is 26.5 Å². The van der Waals surface area contributed by atoms with Gasteiger partial charge in [-0.1, -0.05) is 29.8 Å². The molecule has 7 heteroatoms. The zero-order chi connectivity index (χ0) is 19.0. The number of hydrogen-bond donors (Lipinski definition) is 1. The minimum Gasteiger partial charge on any atom is -0.461 e. The molecule has 0 spiro atoms. The van der Waals surface area contributed by atoms with Crippen molar-refractivity contribution >= 4 is 33.3 Å². The van der Waals surface area contributed by atoms with E-state index < -0.39 is 5.97 Å². The van der Waals surface area contributed by atoms with Crippen LogP contribution in [-0.2, 0) is 4.74 Å². The summed E-state index contributed by atoms with van der Waals surface area (Å²) in [6.07, 6.45) is 0. The molecule has 0 aliphatic carbocycles. The highest BCUT2D eigenvalue weighted by molar-refractivity contribution is 7.21. The molecule has 0 bridgehead atoms. The van der Waals surface area contributed by atoms with Crippen LogP contribution in [0.3, 0.4) is 0 Å². The van der Waals surface area contributed by atoms with Gasteiger partial charge in [0.05, 0.1) is 28.1 Å².